The number of hydrogen-bond acceptors (Lipinski definition) is 3. The molecule has 1 atom stereocenters. The van der Waals surface area contributed by atoms with E-state index in [0.717, 1.165) is 25.9 Å². The van der Waals surface area contributed by atoms with Gasteiger partial charge in [0.05, 0.1) is 5.97 Å². The Labute approximate surface area is 359 Å². The first-order chi connectivity index (χ1) is 24.2. The van der Waals surface area contributed by atoms with Crippen molar-refractivity contribution in [2.24, 2.45) is 0 Å². The van der Waals surface area contributed by atoms with Crippen LogP contribution in [0.1, 0.15) is 271 Å². The second-order valence-corrected chi connectivity index (χ2v) is 16.0. The number of carbonyl (C=O) groups excluding carboxylic acids is 1. The summed E-state index contributed by atoms with van der Waals surface area (Å²) in [6.45, 7) is 8.44. The topological polar surface area (TPSA) is 43.4 Å². The Bertz CT molecular complexity index is 587. The van der Waals surface area contributed by atoms with Crippen LogP contribution in [-0.4, -0.2) is 30.0 Å². The first kappa shape index (κ1) is 53.2. The van der Waals surface area contributed by atoms with Crippen LogP contribution in [0.4, 0.5) is 0 Å². The molecule has 1 unspecified atom stereocenters. The summed E-state index contributed by atoms with van der Waals surface area (Å²) in [5.74, 6) is -0.877. The summed E-state index contributed by atoms with van der Waals surface area (Å²) in [6, 6.07) is -0.411. The van der Waals surface area contributed by atoms with Crippen LogP contribution >= 0.6 is 0 Å². The summed E-state index contributed by atoms with van der Waals surface area (Å²) in [7, 11) is 0. The van der Waals surface area contributed by atoms with Gasteiger partial charge in [0.1, 0.15) is 0 Å². The average molecular weight is 730 g/mol. The fraction of sp³-hybridized carbons (Fsp3) is 0.978. The second-order valence-electron chi connectivity index (χ2n) is 16.0. The van der Waals surface area contributed by atoms with Gasteiger partial charge in [-0.25, -0.2) is 0 Å². The molecule has 0 aromatic carbocycles. The molecule has 0 heterocycles. The third kappa shape index (κ3) is 40.3. The zero-order valence-corrected chi connectivity index (χ0v) is 38.5. The van der Waals surface area contributed by atoms with E-state index in [2.05, 4.69) is 18.7 Å². The predicted molar refractivity (Wildman–Crippen MR) is 217 cm³/mol. The Morgan fingerprint density at radius 3 is 0.700 bits per heavy atom. The number of nitrogens with zero attached hydrogens (tertiary/aromatic N) is 1. The Balaban J connectivity index is 0. The summed E-state index contributed by atoms with van der Waals surface area (Å²) in [4.78, 5) is 14.1. The quantitative estimate of drug-likeness (QED) is 0.0464. The molecule has 0 aliphatic heterocycles. The largest absolute Gasteiger partial charge is 1.00 e. The zero-order valence-electron chi connectivity index (χ0n) is 35.3. The molecule has 0 rings (SSSR count). The summed E-state index contributed by atoms with van der Waals surface area (Å²) in [6.07, 6.45) is 53.5. The molecule has 0 aliphatic carbocycles. The van der Waals surface area contributed by atoms with Gasteiger partial charge in [0.25, 0.3) is 0 Å². The van der Waals surface area contributed by atoms with Crippen molar-refractivity contribution < 1.29 is 61.3 Å². The fourth-order valence-corrected chi connectivity index (χ4v) is 7.78. The maximum absolute atomic E-state index is 11.8. The monoisotopic (exact) mass is 730 g/mol. The molecular formula is C46H92KNO2. The van der Waals surface area contributed by atoms with Crippen molar-refractivity contribution in [3.8, 4) is 0 Å². The number of carboxylic acid groups (broad SMARTS) is 1. The van der Waals surface area contributed by atoms with E-state index in [1.165, 1.54) is 231 Å². The molecule has 0 aromatic rings. The van der Waals surface area contributed by atoms with Crippen LogP contribution < -0.4 is 56.5 Å². The normalized spacial score (nSPS) is 12.1. The van der Waals surface area contributed by atoms with Gasteiger partial charge in [-0.3, -0.25) is 4.90 Å². The van der Waals surface area contributed by atoms with E-state index in [-0.39, 0.29) is 51.4 Å². The molecule has 0 aliphatic rings. The van der Waals surface area contributed by atoms with Gasteiger partial charge in [-0.15, -0.1) is 0 Å². The molecule has 0 saturated heterocycles. The van der Waals surface area contributed by atoms with Gasteiger partial charge in [0.2, 0.25) is 0 Å². The number of hydrogen-bond donors (Lipinski definition) is 0. The van der Waals surface area contributed by atoms with E-state index in [9.17, 15) is 9.90 Å². The van der Waals surface area contributed by atoms with Crippen LogP contribution in [0.3, 0.4) is 0 Å². The maximum Gasteiger partial charge on any atom is 1.00 e. The Hall–Kier alpha value is 1.07. The van der Waals surface area contributed by atoms with E-state index in [1.54, 1.807) is 0 Å². The van der Waals surface area contributed by atoms with Crippen molar-refractivity contribution in [1.29, 1.82) is 0 Å². The molecule has 0 bridgehead atoms. The second kappa shape index (κ2) is 46.2. The third-order valence-electron chi connectivity index (χ3n) is 11.2. The zero-order chi connectivity index (χ0) is 35.7. The third-order valence-corrected chi connectivity index (χ3v) is 11.2. The number of unbranched alkanes of at least 4 members (excludes halogenated alkanes) is 36. The van der Waals surface area contributed by atoms with Crippen molar-refractivity contribution in [2.75, 3.05) is 13.1 Å². The standard InChI is InChI=1S/C46H93NO2.K/c1-4-7-9-11-13-15-17-19-21-23-25-27-29-31-33-35-37-39-41-43-47(45(6-3)46(48)49)44-42-40-38-36-34-32-30-28-26-24-22-20-18-16-14-12-10-8-5-2;/h45H,4-44H2,1-3H3,(H,48,49);/q;+1/p-1. The van der Waals surface area contributed by atoms with E-state index in [0.29, 0.717) is 6.42 Å². The minimum absolute atomic E-state index is 0. The van der Waals surface area contributed by atoms with Crippen molar-refractivity contribution >= 4 is 5.97 Å². The van der Waals surface area contributed by atoms with Gasteiger partial charge in [-0.1, -0.05) is 252 Å². The Morgan fingerprint density at radius 2 is 0.540 bits per heavy atom. The maximum atomic E-state index is 11.8. The van der Waals surface area contributed by atoms with Gasteiger partial charge in [-0.2, -0.15) is 0 Å². The van der Waals surface area contributed by atoms with Crippen LogP contribution in [0, 0.1) is 0 Å². The van der Waals surface area contributed by atoms with Gasteiger partial charge in [-0.05, 0) is 32.4 Å². The van der Waals surface area contributed by atoms with Crippen LogP contribution in [0.2, 0.25) is 0 Å². The van der Waals surface area contributed by atoms with E-state index >= 15 is 0 Å². The molecule has 0 N–H and O–H groups in total. The SMILES string of the molecule is CCCCCCCCCCCCCCCCCCCCCN(CCCCCCCCCCCCCCCCCCCCC)C(CC)C(=O)[O-].[K+]. The molecule has 294 valence electrons. The predicted octanol–water partition coefficient (Wildman–Crippen LogP) is 11.7. The summed E-state index contributed by atoms with van der Waals surface area (Å²) >= 11 is 0. The number of carbonyl (C=O) groups is 1. The van der Waals surface area contributed by atoms with Crippen molar-refractivity contribution in [3.63, 3.8) is 0 Å². The van der Waals surface area contributed by atoms with Gasteiger partial charge < -0.3 is 9.90 Å². The van der Waals surface area contributed by atoms with Gasteiger partial charge in [0.15, 0.2) is 0 Å². The molecule has 4 heteroatoms. The van der Waals surface area contributed by atoms with Crippen LogP contribution in [0.25, 0.3) is 0 Å². The molecule has 0 amide bonds. The fourth-order valence-electron chi connectivity index (χ4n) is 7.78. The van der Waals surface area contributed by atoms with Crippen LogP contribution in [-0.2, 0) is 4.79 Å². The molecule has 0 saturated carbocycles. The van der Waals surface area contributed by atoms with Crippen LogP contribution in [0.15, 0.2) is 0 Å². The molecule has 3 nitrogen and oxygen atoms in total. The van der Waals surface area contributed by atoms with Crippen LogP contribution in [0.5, 0.6) is 0 Å². The molecule has 50 heavy (non-hydrogen) atoms. The smallest absolute Gasteiger partial charge is 0.548 e. The van der Waals surface area contributed by atoms with Gasteiger partial charge in [0, 0.05) is 6.04 Å². The average Bonchev–Trinajstić information content (AvgIpc) is 3.10. The van der Waals surface area contributed by atoms with E-state index < -0.39 is 12.0 Å². The number of rotatable bonds is 43. The number of carboxylic acids is 1. The summed E-state index contributed by atoms with van der Waals surface area (Å²) < 4.78 is 0. The Kier molecular flexibility index (Phi) is 49.2. The van der Waals surface area contributed by atoms with E-state index in [1.807, 2.05) is 6.92 Å². The summed E-state index contributed by atoms with van der Waals surface area (Å²) in [5, 5.41) is 11.8. The molecule has 0 aromatic heterocycles. The Morgan fingerprint density at radius 1 is 0.360 bits per heavy atom. The van der Waals surface area contributed by atoms with Crippen molar-refractivity contribution in [2.45, 2.75) is 277 Å². The minimum Gasteiger partial charge on any atom is -0.548 e. The minimum atomic E-state index is -0.877. The van der Waals surface area contributed by atoms with Gasteiger partial charge >= 0.3 is 51.4 Å². The first-order valence-electron chi connectivity index (χ1n) is 23.1. The molecule has 0 spiro atoms. The summed E-state index contributed by atoms with van der Waals surface area (Å²) in [5.41, 5.74) is 0. The van der Waals surface area contributed by atoms with E-state index in [4.69, 9.17) is 0 Å². The first-order valence-corrected chi connectivity index (χ1v) is 23.1. The molecular weight excluding hydrogens is 638 g/mol. The van der Waals surface area contributed by atoms with Crippen molar-refractivity contribution in [1.82, 2.24) is 4.90 Å². The number of aliphatic carboxylic acids is 1. The molecule has 0 radical (unpaired) electrons. The van der Waals surface area contributed by atoms with Crippen molar-refractivity contribution in [3.05, 3.63) is 0 Å². The molecule has 0 fully saturated rings.